The minimum Gasteiger partial charge on any atom is -0.391 e. The predicted molar refractivity (Wildman–Crippen MR) is 127 cm³/mol. The van der Waals surface area contributed by atoms with E-state index in [-0.39, 0.29) is 11.5 Å². The van der Waals surface area contributed by atoms with Gasteiger partial charge in [0.25, 0.3) is 0 Å². The second kappa shape index (κ2) is 8.33. The molecular formula is C25H32BrN5O. The van der Waals surface area contributed by atoms with Gasteiger partial charge in [-0.05, 0) is 95.7 Å². The van der Waals surface area contributed by atoms with Gasteiger partial charge in [-0.2, -0.15) is 0 Å². The van der Waals surface area contributed by atoms with Gasteiger partial charge in [-0.25, -0.2) is 15.0 Å². The van der Waals surface area contributed by atoms with Crippen molar-refractivity contribution in [1.82, 2.24) is 19.9 Å². The second-order valence-corrected chi connectivity index (χ2v) is 11.6. The van der Waals surface area contributed by atoms with Crippen molar-refractivity contribution in [2.45, 2.75) is 64.1 Å². The van der Waals surface area contributed by atoms with E-state index < -0.39 is 0 Å². The number of rotatable bonds is 6. The monoisotopic (exact) mass is 497 g/mol. The molecule has 4 saturated carbocycles. The Morgan fingerprint density at radius 1 is 1.09 bits per heavy atom. The zero-order valence-electron chi connectivity index (χ0n) is 18.5. The van der Waals surface area contributed by atoms with Crippen LogP contribution >= 0.6 is 15.9 Å². The summed E-state index contributed by atoms with van der Waals surface area (Å²) in [5.41, 5.74) is 3.67. The van der Waals surface area contributed by atoms with E-state index in [4.69, 9.17) is 0 Å². The summed E-state index contributed by atoms with van der Waals surface area (Å²) in [4.78, 5) is 15.9. The lowest BCUT2D eigenvalue weighted by molar-refractivity contribution is -0.115. The van der Waals surface area contributed by atoms with Crippen LogP contribution in [0.15, 0.2) is 29.3 Å². The number of pyridine rings is 1. The molecule has 170 valence electrons. The molecule has 7 heteroatoms. The molecule has 0 amide bonds. The maximum absolute atomic E-state index is 11.3. The minimum atomic E-state index is -0.286. The Labute approximate surface area is 198 Å². The van der Waals surface area contributed by atoms with E-state index in [0.717, 1.165) is 59.9 Å². The number of hydrogen-bond acceptors (Lipinski definition) is 6. The first kappa shape index (κ1) is 21.0. The Hall–Kier alpha value is -1.57. The number of nitrogens with one attached hydrogen (secondary N) is 1. The van der Waals surface area contributed by atoms with E-state index in [1.54, 1.807) is 6.33 Å². The summed E-state index contributed by atoms with van der Waals surface area (Å²) < 4.78 is 0.865. The third-order valence-corrected chi connectivity index (χ3v) is 9.01. The number of nitrogens with zero attached hydrogens (tertiary/aromatic N) is 4. The Kier molecular flexibility index (Phi) is 5.47. The maximum Gasteiger partial charge on any atom is 0.133 e. The summed E-state index contributed by atoms with van der Waals surface area (Å²) in [5, 5.41) is 14.8. The quantitative estimate of drug-likeness (QED) is 0.583. The van der Waals surface area contributed by atoms with Crippen molar-refractivity contribution in [3.05, 3.63) is 46.1 Å². The Morgan fingerprint density at radius 2 is 1.84 bits per heavy atom. The fraction of sp³-hybridized carbons (Fsp3) is 0.640. The van der Waals surface area contributed by atoms with Gasteiger partial charge in [0.15, 0.2) is 0 Å². The maximum atomic E-state index is 11.3. The number of halogens is 1. The summed E-state index contributed by atoms with van der Waals surface area (Å²) in [6.07, 6.45) is 12.1. The molecule has 0 aromatic carbocycles. The number of aliphatic hydroxyl groups is 1. The number of aliphatic hydroxyl groups excluding tert-OH is 1. The Morgan fingerprint density at radius 3 is 2.53 bits per heavy atom. The summed E-state index contributed by atoms with van der Waals surface area (Å²) in [5.74, 6) is 3.49. The zero-order chi connectivity index (χ0) is 21.7. The Balaban J connectivity index is 1.11. The van der Waals surface area contributed by atoms with Gasteiger partial charge in [-0.1, -0.05) is 6.07 Å². The molecule has 2 aromatic rings. The minimum absolute atomic E-state index is 0.143. The van der Waals surface area contributed by atoms with E-state index in [0.29, 0.717) is 6.54 Å². The van der Waals surface area contributed by atoms with Crippen molar-refractivity contribution in [3.8, 4) is 0 Å². The molecule has 3 heterocycles. The SMILES string of the molecule is OC(CNc1ncnc2c1CCN(Cc1ccc(Br)nc1)C2)C12CC3CC(CC(C3)C1)C2. The summed E-state index contributed by atoms with van der Waals surface area (Å²) in [6.45, 7) is 3.27. The van der Waals surface area contributed by atoms with E-state index in [9.17, 15) is 5.11 Å². The lowest BCUT2D eigenvalue weighted by Crippen LogP contribution is -2.53. The molecule has 4 bridgehead atoms. The van der Waals surface area contributed by atoms with Crippen molar-refractivity contribution < 1.29 is 5.11 Å². The van der Waals surface area contributed by atoms with Crippen LogP contribution in [0.1, 0.15) is 55.3 Å². The first-order valence-electron chi connectivity index (χ1n) is 12.1. The molecule has 7 rings (SSSR count). The second-order valence-electron chi connectivity index (χ2n) is 10.8. The molecule has 0 radical (unpaired) electrons. The van der Waals surface area contributed by atoms with Gasteiger partial charge >= 0.3 is 0 Å². The van der Waals surface area contributed by atoms with Gasteiger partial charge in [-0.3, -0.25) is 4.90 Å². The number of fused-ring (bicyclic) bond motifs is 1. The Bertz CT molecular complexity index is 946. The van der Waals surface area contributed by atoms with Crippen LogP contribution in [0.2, 0.25) is 0 Å². The largest absolute Gasteiger partial charge is 0.391 e. The molecule has 2 aromatic heterocycles. The van der Waals surface area contributed by atoms with Gasteiger partial charge in [0.2, 0.25) is 0 Å². The molecule has 32 heavy (non-hydrogen) atoms. The van der Waals surface area contributed by atoms with E-state index in [1.165, 1.54) is 49.7 Å². The summed E-state index contributed by atoms with van der Waals surface area (Å²) in [7, 11) is 0. The lowest BCUT2D eigenvalue weighted by atomic mass is 9.48. The third-order valence-electron chi connectivity index (χ3n) is 8.54. The average molecular weight is 498 g/mol. The van der Waals surface area contributed by atoms with Gasteiger partial charge in [-0.15, -0.1) is 0 Å². The van der Waals surface area contributed by atoms with Crippen molar-refractivity contribution in [3.63, 3.8) is 0 Å². The van der Waals surface area contributed by atoms with Crippen LogP contribution in [0.25, 0.3) is 0 Å². The highest BCUT2D eigenvalue weighted by Crippen LogP contribution is 2.61. The van der Waals surface area contributed by atoms with E-state index in [1.807, 2.05) is 12.3 Å². The van der Waals surface area contributed by atoms with Crippen LogP contribution in [0.5, 0.6) is 0 Å². The first-order valence-corrected chi connectivity index (χ1v) is 12.9. The molecule has 4 aliphatic carbocycles. The lowest BCUT2D eigenvalue weighted by Gasteiger charge is -2.58. The number of aromatic nitrogens is 3. The van der Waals surface area contributed by atoms with Crippen molar-refractivity contribution in [1.29, 1.82) is 0 Å². The van der Waals surface area contributed by atoms with Crippen LogP contribution < -0.4 is 5.32 Å². The van der Waals surface area contributed by atoms with Crippen LogP contribution in [0.3, 0.4) is 0 Å². The molecule has 1 atom stereocenters. The number of hydrogen-bond donors (Lipinski definition) is 2. The molecule has 6 nitrogen and oxygen atoms in total. The van der Waals surface area contributed by atoms with Crippen molar-refractivity contribution in [2.24, 2.45) is 23.2 Å². The number of anilines is 1. The molecule has 1 unspecified atom stereocenters. The van der Waals surface area contributed by atoms with Crippen LogP contribution in [0.4, 0.5) is 5.82 Å². The highest BCUT2D eigenvalue weighted by molar-refractivity contribution is 9.10. The summed E-state index contributed by atoms with van der Waals surface area (Å²) >= 11 is 3.40. The molecule has 0 saturated heterocycles. The van der Waals surface area contributed by atoms with E-state index >= 15 is 0 Å². The fourth-order valence-electron chi connectivity index (χ4n) is 7.45. The van der Waals surface area contributed by atoms with Gasteiger partial charge in [0.1, 0.15) is 16.7 Å². The molecular weight excluding hydrogens is 466 g/mol. The molecule has 5 aliphatic rings. The average Bonchev–Trinajstić information content (AvgIpc) is 2.78. The van der Waals surface area contributed by atoms with Gasteiger partial charge < -0.3 is 10.4 Å². The molecule has 1 aliphatic heterocycles. The molecule has 2 N–H and O–H groups in total. The third kappa shape index (κ3) is 3.97. The summed E-state index contributed by atoms with van der Waals surface area (Å²) in [6, 6.07) is 4.11. The topological polar surface area (TPSA) is 74.2 Å². The predicted octanol–water partition coefficient (Wildman–Crippen LogP) is 4.18. The van der Waals surface area contributed by atoms with Crippen molar-refractivity contribution in [2.75, 3.05) is 18.4 Å². The highest BCUT2D eigenvalue weighted by Gasteiger charge is 2.53. The van der Waals surface area contributed by atoms with Gasteiger partial charge in [0.05, 0.1) is 11.8 Å². The van der Waals surface area contributed by atoms with Crippen LogP contribution in [0, 0.1) is 23.2 Å². The smallest absolute Gasteiger partial charge is 0.133 e. The van der Waals surface area contributed by atoms with E-state index in [2.05, 4.69) is 47.2 Å². The standard InChI is InChI=1S/C25H32BrN5O/c26-23-2-1-16(11-27-23)13-31-4-3-20-21(14-31)29-15-30-24(20)28-12-22(32)25-8-17-5-18(9-25)7-19(6-17)10-25/h1-2,11,15,17-19,22,32H,3-10,12-14H2,(H,28,29,30). The molecule has 0 spiro atoms. The van der Waals surface area contributed by atoms with Crippen molar-refractivity contribution >= 4 is 21.7 Å². The fourth-order valence-corrected chi connectivity index (χ4v) is 7.68. The molecule has 4 fully saturated rings. The van der Waals surface area contributed by atoms with Gasteiger partial charge in [0, 0.05) is 37.9 Å². The van der Waals surface area contributed by atoms with Crippen LogP contribution in [-0.2, 0) is 19.5 Å². The normalized spacial score (nSPS) is 32.0. The van der Waals surface area contributed by atoms with Crippen LogP contribution in [-0.4, -0.2) is 44.2 Å². The first-order chi connectivity index (χ1) is 15.6. The highest BCUT2D eigenvalue weighted by atomic mass is 79.9. The zero-order valence-corrected chi connectivity index (χ0v) is 20.1.